The first-order valence-electron chi connectivity index (χ1n) is 7.66. The molecule has 20 heavy (non-hydrogen) atoms. The van der Waals surface area contributed by atoms with E-state index in [2.05, 4.69) is 11.8 Å². The van der Waals surface area contributed by atoms with E-state index in [1.54, 1.807) is 11.3 Å². The Morgan fingerprint density at radius 2 is 2.30 bits per heavy atom. The minimum absolute atomic E-state index is 0.379. The molecule has 1 N–H and O–H groups in total. The number of aromatic nitrogens is 1. The summed E-state index contributed by atoms with van der Waals surface area (Å²) in [6, 6.07) is 0. The summed E-state index contributed by atoms with van der Waals surface area (Å²) in [5.74, 6) is -0.330. The van der Waals surface area contributed by atoms with Crippen LogP contribution in [-0.2, 0) is 11.2 Å². The molecule has 0 aromatic carbocycles. The standard InChI is InChI=1S/C15H22N2O2S/c1-2-10-5-4-8-17(9-10)15-16-13-11(14(18)19)6-3-7-12(13)20-15/h10-11H,2-9H2,1H3,(H,18,19). The Hall–Kier alpha value is -1.10. The molecule has 5 heteroatoms. The predicted octanol–water partition coefficient (Wildman–Crippen LogP) is 3.27. The van der Waals surface area contributed by atoms with Gasteiger partial charge in [0, 0.05) is 18.0 Å². The maximum Gasteiger partial charge on any atom is 0.312 e. The molecule has 2 heterocycles. The first-order valence-corrected chi connectivity index (χ1v) is 8.48. The van der Waals surface area contributed by atoms with Gasteiger partial charge in [0.2, 0.25) is 0 Å². The van der Waals surface area contributed by atoms with Crippen LogP contribution in [0.2, 0.25) is 0 Å². The van der Waals surface area contributed by atoms with E-state index in [4.69, 9.17) is 4.98 Å². The quantitative estimate of drug-likeness (QED) is 0.929. The lowest BCUT2D eigenvalue weighted by atomic mass is 9.91. The summed E-state index contributed by atoms with van der Waals surface area (Å²) in [5, 5.41) is 10.4. The zero-order chi connectivity index (χ0) is 14.1. The fraction of sp³-hybridized carbons (Fsp3) is 0.733. The summed E-state index contributed by atoms with van der Waals surface area (Å²) in [5.41, 5.74) is 0.849. The van der Waals surface area contributed by atoms with Crippen LogP contribution in [0.25, 0.3) is 0 Å². The van der Waals surface area contributed by atoms with Crippen LogP contribution in [-0.4, -0.2) is 29.1 Å². The Morgan fingerprint density at radius 1 is 1.45 bits per heavy atom. The number of rotatable bonds is 3. The van der Waals surface area contributed by atoms with Crippen molar-refractivity contribution in [3.8, 4) is 0 Å². The molecule has 0 bridgehead atoms. The van der Waals surface area contributed by atoms with Gasteiger partial charge in [0.05, 0.1) is 5.69 Å². The first kappa shape index (κ1) is 13.9. The van der Waals surface area contributed by atoms with E-state index in [9.17, 15) is 9.90 Å². The van der Waals surface area contributed by atoms with Crippen molar-refractivity contribution in [1.29, 1.82) is 0 Å². The Morgan fingerprint density at radius 3 is 3.05 bits per heavy atom. The third kappa shape index (κ3) is 2.55. The topological polar surface area (TPSA) is 53.4 Å². The van der Waals surface area contributed by atoms with Crippen molar-refractivity contribution in [3.63, 3.8) is 0 Å². The summed E-state index contributed by atoms with van der Waals surface area (Å²) in [6.45, 7) is 4.41. The van der Waals surface area contributed by atoms with Gasteiger partial charge in [-0.25, -0.2) is 4.98 Å². The SMILES string of the molecule is CCC1CCCN(c2nc3c(s2)CCCC3C(=O)O)C1. The van der Waals surface area contributed by atoms with Crippen LogP contribution in [0.4, 0.5) is 5.13 Å². The van der Waals surface area contributed by atoms with Gasteiger partial charge in [0.15, 0.2) is 5.13 Å². The van der Waals surface area contributed by atoms with Gasteiger partial charge in [0.1, 0.15) is 5.92 Å². The van der Waals surface area contributed by atoms with E-state index < -0.39 is 5.97 Å². The fourth-order valence-corrected chi connectivity index (χ4v) is 4.55. The maximum absolute atomic E-state index is 11.4. The molecule has 1 fully saturated rings. The second-order valence-corrected chi connectivity index (χ2v) is 7.01. The molecule has 0 saturated carbocycles. The smallest absolute Gasteiger partial charge is 0.312 e. The number of hydrogen-bond donors (Lipinski definition) is 1. The van der Waals surface area contributed by atoms with Gasteiger partial charge < -0.3 is 10.0 Å². The molecule has 2 unspecified atom stereocenters. The summed E-state index contributed by atoms with van der Waals surface area (Å²) >= 11 is 1.73. The number of thiazole rings is 1. The second kappa shape index (κ2) is 5.72. The van der Waals surface area contributed by atoms with E-state index in [1.165, 1.54) is 24.1 Å². The minimum atomic E-state index is -0.715. The zero-order valence-electron chi connectivity index (χ0n) is 12.0. The van der Waals surface area contributed by atoms with Crippen LogP contribution in [0.1, 0.15) is 55.5 Å². The molecule has 1 saturated heterocycles. The molecule has 0 amide bonds. The van der Waals surface area contributed by atoms with Gasteiger partial charge in [-0.2, -0.15) is 0 Å². The average Bonchev–Trinajstić information content (AvgIpc) is 2.91. The first-order chi connectivity index (χ1) is 9.69. The van der Waals surface area contributed by atoms with E-state index >= 15 is 0 Å². The van der Waals surface area contributed by atoms with Gasteiger partial charge in [-0.1, -0.05) is 13.3 Å². The van der Waals surface area contributed by atoms with Crippen LogP contribution >= 0.6 is 11.3 Å². The summed E-state index contributed by atoms with van der Waals surface area (Å²) in [7, 11) is 0. The number of carboxylic acids is 1. The molecule has 1 aromatic heterocycles. The van der Waals surface area contributed by atoms with Crippen molar-refractivity contribution >= 4 is 22.4 Å². The fourth-order valence-electron chi connectivity index (χ4n) is 3.35. The molecule has 1 aromatic rings. The minimum Gasteiger partial charge on any atom is -0.481 e. The van der Waals surface area contributed by atoms with E-state index in [0.29, 0.717) is 0 Å². The molecule has 0 radical (unpaired) electrons. The van der Waals surface area contributed by atoms with Crippen molar-refractivity contribution < 1.29 is 9.90 Å². The lowest BCUT2D eigenvalue weighted by molar-refractivity contribution is -0.139. The molecule has 1 aliphatic heterocycles. The highest BCUT2D eigenvalue weighted by Gasteiger charge is 2.31. The van der Waals surface area contributed by atoms with Crippen LogP contribution in [0.3, 0.4) is 0 Å². The Bertz CT molecular complexity index is 500. The lowest BCUT2D eigenvalue weighted by Crippen LogP contribution is -2.35. The number of carbonyl (C=O) groups is 1. The molecular formula is C15H22N2O2S. The van der Waals surface area contributed by atoms with Crippen molar-refractivity contribution in [2.75, 3.05) is 18.0 Å². The maximum atomic E-state index is 11.4. The lowest BCUT2D eigenvalue weighted by Gasteiger charge is -2.32. The Balaban J connectivity index is 1.83. The number of fused-ring (bicyclic) bond motifs is 1. The van der Waals surface area contributed by atoms with E-state index in [1.807, 2.05) is 0 Å². The van der Waals surface area contributed by atoms with Gasteiger partial charge in [0.25, 0.3) is 0 Å². The Kier molecular flexibility index (Phi) is 3.96. The van der Waals surface area contributed by atoms with Crippen molar-refractivity contribution in [1.82, 2.24) is 4.98 Å². The highest BCUT2D eigenvalue weighted by Crippen LogP contribution is 2.39. The summed E-state index contributed by atoms with van der Waals surface area (Å²) in [6.07, 6.45) is 6.48. The number of nitrogens with zero attached hydrogens (tertiary/aromatic N) is 2. The van der Waals surface area contributed by atoms with Gasteiger partial charge in [-0.15, -0.1) is 11.3 Å². The third-order valence-electron chi connectivity index (χ3n) is 4.61. The van der Waals surface area contributed by atoms with Gasteiger partial charge in [-0.3, -0.25) is 4.79 Å². The molecule has 0 spiro atoms. The summed E-state index contributed by atoms with van der Waals surface area (Å²) < 4.78 is 0. The van der Waals surface area contributed by atoms with Crippen LogP contribution in [0.15, 0.2) is 0 Å². The van der Waals surface area contributed by atoms with Crippen LogP contribution < -0.4 is 4.90 Å². The van der Waals surface area contributed by atoms with Crippen molar-refractivity contribution in [2.24, 2.45) is 5.92 Å². The predicted molar refractivity (Wildman–Crippen MR) is 80.7 cm³/mol. The number of aliphatic carboxylic acids is 1. The number of aryl methyl sites for hydroxylation is 1. The van der Waals surface area contributed by atoms with Gasteiger partial charge >= 0.3 is 5.97 Å². The van der Waals surface area contributed by atoms with E-state index in [-0.39, 0.29) is 5.92 Å². The average molecular weight is 294 g/mol. The molecule has 110 valence electrons. The third-order valence-corrected chi connectivity index (χ3v) is 5.80. The van der Waals surface area contributed by atoms with Crippen molar-refractivity contribution in [2.45, 2.75) is 51.4 Å². The number of hydrogen-bond acceptors (Lipinski definition) is 4. The molecule has 2 aliphatic rings. The molecular weight excluding hydrogens is 272 g/mol. The monoisotopic (exact) mass is 294 g/mol. The molecule has 2 atom stereocenters. The zero-order valence-corrected chi connectivity index (χ0v) is 12.8. The number of piperidine rings is 1. The second-order valence-electron chi connectivity index (χ2n) is 5.95. The van der Waals surface area contributed by atoms with E-state index in [0.717, 1.165) is 49.1 Å². The Labute approximate surface area is 123 Å². The number of anilines is 1. The normalized spacial score (nSPS) is 26.4. The van der Waals surface area contributed by atoms with Crippen LogP contribution in [0, 0.1) is 5.92 Å². The van der Waals surface area contributed by atoms with Gasteiger partial charge in [-0.05, 0) is 38.0 Å². The van der Waals surface area contributed by atoms with Crippen LogP contribution in [0.5, 0.6) is 0 Å². The molecule has 1 aliphatic carbocycles. The largest absolute Gasteiger partial charge is 0.481 e. The highest BCUT2D eigenvalue weighted by atomic mass is 32.1. The molecule has 4 nitrogen and oxygen atoms in total. The number of carboxylic acid groups (broad SMARTS) is 1. The summed E-state index contributed by atoms with van der Waals surface area (Å²) in [4.78, 5) is 19.6. The molecule has 3 rings (SSSR count). The highest BCUT2D eigenvalue weighted by molar-refractivity contribution is 7.15. The van der Waals surface area contributed by atoms with Crippen molar-refractivity contribution in [3.05, 3.63) is 10.6 Å².